The molecule has 2 aromatic heterocycles. The molecule has 1 aliphatic heterocycles. The molecule has 1 aromatic carbocycles. The first kappa shape index (κ1) is 19.0. The van der Waals surface area contributed by atoms with Crippen molar-refractivity contribution in [1.82, 2.24) is 24.9 Å². The second kappa shape index (κ2) is 7.94. The highest BCUT2D eigenvalue weighted by Gasteiger charge is 2.26. The lowest BCUT2D eigenvalue weighted by molar-refractivity contribution is -0.383. The van der Waals surface area contributed by atoms with Crippen molar-refractivity contribution < 1.29 is 4.92 Å². The Morgan fingerprint density at radius 3 is 2.59 bits per heavy atom. The van der Waals surface area contributed by atoms with Crippen LogP contribution >= 0.6 is 0 Å². The van der Waals surface area contributed by atoms with E-state index in [9.17, 15) is 10.1 Å². The fourth-order valence-corrected chi connectivity index (χ4v) is 3.27. The molecule has 0 saturated carbocycles. The Morgan fingerprint density at radius 2 is 1.83 bits per heavy atom. The van der Waals surface area contributed by atoms with Gasteiger partial charge in [-0.3, -0.25) is 20.5 Å². The van der Waals surface area contributed by atoms with E-state index in [0.29, 0.717) is 5.69 Å². The van der Waals surface area contributed by atoms with Gasteiger partial charge in [-0.25, -0.2) is 15.0 Å². The van der Waals surface area contributed by atoms with Crippen LogP contribution in [0.25, 0.3) is 10.9 Å². The number of hydrazine groups is 1. The van der Waals surface area contributed by atoms with Crippen LogP contribution < -0.4 is 10.7 Å². The Balaban J connectivity index is 1.68. The van der Waals surface area contributed by atoms with Crippen molar-refractivity contribution in [1.29, 1.82) is 0 Å². The van der Waals surface area contributed by atoms with Gasteiger partial charge in [0.05, 0.1) is 16.1 Å². The van der Waals surface area contributed by atoms with Gasteiger partial charge >= 0.3 is 5.69 Å². The van der Waals surface area contributed by atoms with Crippen molar-refractivity contribution in [2.24, 2.45) is 0 Å². The summed E-state index contributed by atoms with van der Waals surface area (Å²) in [4.78, 5) is 26.4. The number of aryl methyl sites for hydroxylation is 1. The van der Waals surface area contributed by atoms with Crippen LogP contribution in [0.4, 0.5) is 23.0 Å². The molecule has 0 atom stereocenters. The van der Waals surface area contributed by atoms with Crippen LogP contribution in [0.5, 0.6) is 0 Å². The van der Waals surface area contributed by atoms with Crippen LogP contribution in [0.15, 0.2) is 36.7 Å². The summed E-state index contributed by atoms with van der Waals surface area (Å²) in [7, 11) is 2.05. The Kier molecular flexibility index (Phi) is 5.19. The molecule has 3 heterocycles. The normalized spacial score (nSPS) is 15.4. The van der Waals surface area contributed by atoms with Crippen molar-refractivity contribution in [3.05, 3.63) is 52.5 Å². The van der Waals surface area contributed by atoms with Crippen molar-refractivity contribution in [3.63, 3.8) is 0 Å². The molecule has 0 unspecified atom stereocenters. The summed E-state index contributed by atoms with van der Waals surface area (Å²) in [6.45, 7) is 5.14. The number of nitrogens with zero attached hydrogens (tertiary/aromatic N) is 6. The maximum absolute atomic E-state index is 11.8. The van der Waals surface area contributed by atoms with Gasteiger partial charge < -0.3 is 10.2 Å². The van der Waals surface area contributed by atoms with E-state index < -0.39 is 4.92 Å². The lowest BCUT2D eigenvalue weighted by atomic mass is 10.1. The van der Waals surface area contributed by atoms with Gasteiger partial charge in [0.2, 0.25) is 11.6 Å². The van der Waals surface area contributed by atoms with E-state index in [4.69, 9.17) is 0 Å². The van der Waals surface area contributed by atoms with Gasteiger partial charge in [0.25, 0.3) is 0 Å². The van der Waals surface area contributed by atoms with Crippen molar-refractivity contribution in [3.8, 4) is 0 Å². The van der Waals surface area contributed by atoms with Crippen molar-refractivity contribution >= 4 is 33.9 Å². The maximum Gasteiger partial charge on any atom is 0.354 e. The quantitative estimate of drug-likeness (QED) is 0.498. The predicted octanol–water partition coefficient (Wildman–Crippen LogP) is 2.56. The van der Waals surface area contributed by atoms with Crippen LogP contribution in [0.2, 0.25) is 0 Å². The zero-order chi connectivity index (χ0) is 20.4. The average Bonchev–Trinajstić information content (AvgIpc) is 2.70. The van der Waals surface area contributed by atoms with Crippen molar-refractivity contribution in [2.75, 3.05) is 44.0 Å². The molecule has 1 saturated heterocycles. The summed E-state index contributed by atoms with van der Waals surface area (Å²) in [6, 6.07) is 9.54. The number of para-hydroxylation sites is 1. The van der Waals surface area contributed by atoms with E-state index in [1.165, 1.54) is 6.33 Å². The number of hydrogen-bond donors (Lipinski definition) is 2. The second-order valence-corrected chi connectivity index (χ2v) is 7.03. The highest BCUT2D eigenvalue weighted by Crippen LogP contribution is 2.33. The van der Waals surface area contributed by atoms with E-state index in [-0.39, 0.29) is 17.3 Å². The molecule has 0 spiro atoms. The van der Waals surface area contributed by atoms with E-state index >= 15 is 0 Å². The molecule has 3 aromatic rings. The fourth-order valence-electron chi connectivity index (χ4n) is 3.27. The molecule has 1 fully saturated rings. The van der Waals surface area contributed by atoms with E-state index in [1.807, 2.05) is 49.3 Å². The van der Waals surface area contributed by atoms with Crippen LogP contribution in [0.3, 0.4) is 0 Å². The topological polar surface area (TPSA) is 112 Å². The number of piperazine rings is 1. The summed E-state index contributed by atoms with van der Waals surface area (Å²) in [5.74, 6) is 0.291. The second-order valence-electron chi connectivity index (χ2n) is 7.03. The van der Waals surface area contributed by atoms with Gasteiger partial charge in [-0.1, -0.05) is 18.2 Å². The minimum Gasteiger partial charge on any atom is -0.332 e. The van der Waals surface area contributed by atoms with Gasteiger partial charge in [0, 0.05) is 37.3 Å². The Labute approximate surface area is 167 Å². The monoisotopic (exact) mass is 394 g/mol. The number of anilines is 3. The largest absolute Gasteiger partial charge is 0.354 e. The lowest BCUT2D eigenvalue weighted by Gasteiger charge is -2.32. The first-order chi connectivity index (χ1) is 14.0. The number of aromatic nitrogens is 3. The summed E-state index contributed by atoms with van der Waals surface area (Å²) in [5.41, 5.74) is 5.13. The minimum atomic E-state index is -0.468. The molecule has 4 rings (SSSR count). The number of likely N-dealkylation sites (N-methyl/N-ethyl adjacent to an activating group) is 1. The minimum absolute atomic E-state index is 0.123. The fraction of sp³-hybridized carbons (Fsp3) is 0.316. The Bertz CT molecular complexity index is 1050. The third-order valence-corrected chi connectivity index (χ3v) is 4.88. The molecule has 0 bridgehead atoms. The van der Waals surface area contributed by atoms with Gasteiger partial charge in [-0.2, -0.15) is 0 Å². The van der Waals surface area contributed by atoms with E-state index in [0.717, 1.165) is 42.8 Å². The average molecular weight is 394 g/mol. The number of nitrogens with one attached hydrogen (secondary N) is 2. The molecule has 150 valence electrons. The molecule has 10 nitrogen and oxygen atoms in total. The van der Waals surface area contributed by atoms with Crippen LogP contribution in [-0.2, 0) is 0 Å². The Morgan fingerprint density at radius 1 is 1.07 bits per heavy atom. The molecular formula is C19H22N8O2. The van der Waals surface area contributed by atoms with Gasteiger partial charge in [0.15, 0.2) is 0 Å². The molecule has 29 heavy (non-hydrogen) atoms. The van der Waals surface area contributed by atoms with Crippen LogP contribution in [-0.4, -0.2) is 63.0 Å². The molecule has 0 radical (unpaired) electrons. The van der Waals surface area contributed by atoms with E-state index in [1.54, 1.807) is 0 Å². The van der Waals surface area contributed by atoms with Gasteiger partial charge in [0.1, 0.15) is 6.33 Å². The van der Waals surface area contributed by atoms with Gasteiger partial charge in [-0.05, 0) is 26.1 Å². The number of nitro groups is 1. The summed E-state index contributed by atoms with van der Waals surface area (Å²) < 4.78 is 0. The SMILES string of the molecule is Cc1ccc2cccc(Nc3ncnc(NN4CCN(C)CC4)c3[N+](=O)[O-])c2n1. The highest BCUT2D eigenvalue weighted by molar-refractivity contribution is 5.93. The summed E-state index contributed by atoms with van der Waals surface area (Å²) >= 11 is 0. The van der Waals surface area contributed by atoms with Crippen LogP contribution in [0, 0.1) is 17.0 Å². The number of hydrogen-bond acceptors (Lipinski definition) is 9. The van der Waals surface area contributed by atoms with Crippen LogP contribution in [0.1, 0.15) is 5.69 Å². The number of fused-ring (bicyclic) bond motifs is 1. The molecule has 1 aliphatic rings. The third kappa shape index (κ3) is 4.08. The lowest BCUT2D eigenvalue weighted by Crippen LogP contribution is -2.47. The first-order valence-corrected chi connectivity index (χ1v) is 9.34. The smallest absolute Gasteiger partial charge is 0.332 e. The Hall–Kier alpha value is -3.37. The molecule has 10 heteroatoms. The predicted molar refractivity (Wildman–Crippen MR) is 111 cm³/mol. The third-order valence-electron chi connectivity index (χ3n) is 4.88. The zero-order valence-corrected chi connectivity index (χ0v) is 16.3. The van der Waals surface area contributed by atoms with Crippen molar-refractivity contribution in [2.45, 2.75) is 6.92 Å². The first-order valence-electron chi connectivity index (χ1n) is 9.34. The molecular weight excluding hydrogens is 372 g/mol. The summed E-state index contributed by atoms with van der Waals surface area (Å²) in [5, 5.41) is 17.8. The summed E-state index contributed by atoms with van der Waals surface area (Å²) in [6.07, 6.45) is 1.32. The molecule has 2 N–H and O–H groups in total. The molecule has 0 aliphatic carbocycles. The number of benzene rings is 1. The number of pyridine rings is 1. The number of rotatable bonds is 5. The standard InChI is InChI=1S/C19H22N8O2/c1-13-6-7-14-4-3-5-15(16(14)22-13)23-18-17(27(28)29)19(21-12-20-18)24-26-10-8-25(2)9-11-26/h3-7,12H,8-11H2,1-2H3,(H2,20,21,23,24). The highest BCUT2D eigenvalue weighted by atomic mass is 16.6. The molecule has 0 amide bonds. The zero-order valence-electron chi connectivity index (χ0n) is 16.3. The van der Waals surface area contributed by atoms with Gasteiger partial charge in [-0.15, -0.1) is 0 Å². The maximum atomic E-state index is 11.8. The van der Waals surface area contributed by atoms with E-state index in [2.05, 4.69) is 30.6 Å².